The van der Waals surface area contributed by atoms with Gasteiger partial charge in [-0.2, -0.15) is 0 Å². The highest BCUT2D eigenvalue weighted by Crippen LogP contribution is 2.30. The standard InChI is InChI=1S/C24H23N3O5S/c1-4-31-22(29)20(23(30)32-5-2)33-24-26-18-15-11-7-8-12-16(15)25-19(18)21(28)27(24)17-13-9-6-10-14(17)3/h6-13,20,25H,4-5H2,1-3H3. The van der Waals surface area contributed by atoms with Crippen molar-refractivity contribution in [2.75, 3.05) is 13.2 Å². The van der Waals surface area contributed by atoms with E-state index < -0.39 is 17.2 Å². The number of carbonyl (C=O) groups is 2. The number of carbonyl (C=O) groups excluding carboxylic acids is 2. The average molecular weight is 466 g/mol. The van der Waals surface area contributed by atoms with Crippen molar-refractivity contribution < 1.29 is 19.1 Å². The maximum Gasteiger partial charge on any atom is 0.331 e. The second-order valence-corrected chi connectivity index (χ2v) is 8.29. The molecule has 0 bridgehead atoms. The predicted molar refractivity (Wildman–Crippen MR) is 127 cm³/mol. The Morgan fingerprint density at radius 3 is 2.33 bits per heavy atom. The number of aromatic nitrogens is 3. The molecule has 0 atom stereocenters. The third-order valence-electron chi connectivity index (χ3n) is 5.08. The minimum atomic E-state index is -1.32. The number of hydrogen-bond donors (Lipinski definition) is 1. The summed E-state index contributed by atoms with van der Waals surface area (Å²) in [4.78, 5) is 46.8. The van der Waals surface area contributed by atoms with E-state index in [1.54, 1.807) is 19.9 Å². The number of aromatic amines is 1. The van der Waals surface area contributed by atoms with E-state index in [-0.39, 0.29) is 23.9 Å². The average Bonchev–Trinajstić information content (AvgIpc) is 3.18. The van der Waals surface area contributed by atoms with E-state index in [1.165, 1.54) is 4.57 Å². The molecule has 2 aromatic carbocycles. The minimum Gasteiger partial charge on any atom is -0.465 e. The van der Waals surface area contributed by atoms with Gasteiger partial charge < -0.3 is 14.5 Å². The van der Waals surface area contributed by atoms with Crippen LogP contribution in [-0.4, -0.2) is 44.9 Å². The predicted octanol–water partition coefficient (Wildman–Crippen LogP) is 3.76. The maximum atomic E-state index is 13.7. The van der Waals surface area contributed by atoms with Crippen molar-refractivity contribution in [3.8, 4) is 5.69 Å². The second-order valence-electron chi connectivity index (χ2n) is 7.22. The molecule has 4 aromatic rings. The van der Waals surface area contributed by atoms with Gasteiger partial charge in [-0.05, 0) is 38.5 Å². The van der Waals surface area contributed by atoms with Gasteiger partial charge in [0.2, 0.25) is 5.25 Å². The SMILES string of the molecule is CCOC(=O)C(Sc1nc2c([nH]c3ccccc32)c(=O)n1-c1ccccc1C)C(=O)OCC. The lowest BCUT2D eigenvalue weighted by Gasteiger charge is -2.17. The van der Waals surface area contributed by atoms with E-state index in [1.807, 2.05) is 49.4 Å². The molecule has 1 N–H and O–H groups in total. The number of para-hydroxylation sites is 2. The summed E-state index contributed by atoms with van der Waals surface area (Å²) in [5.74, 6) is -1.49. The van der Waals surface area contributed by atoms with Crippen LogP contribution in [0.5, 0.6) is 0 Å². The number of rotatable bonds is 7. The zero-order chi connectivity index (χ0) is 23.5. The Morgan fingerprint density at radius 1 is 1.03 bits per heavy atom. The van der Waals surface area contributed by atoms with Crippen LogP contribution in [0.25, 0.3) is 27.6 Å². The number of esters is 2. The molecule has 0 spiro atoms. The van der Waals surface area contributed by atoms with Crippen molar-refractivity contribution in [1.82, 2.24) is 14.5 Å². The number of benzene rings is 2. The first kappa shape index (κ1) is 22.6. The Labute approximate surface area is 193 Å². The van der Waals surface area contributed by atoms with Gasteiger partial charge in [-0.15, -0.1) is 0 Å². The van der Waals surface area contributed by atoms with Crippen LogP contribution < -0.4 is 5.56 Å². The van der Waals surface area contributed by atoms with Crippen LogP contribution in [0.4, 0.5) is 0 Å². The molecule has 0 radical (unpaired) electrons. The number of thioether (sulfide) groups is 1. The Kier molecular flexibility index (Phi) is 6.50. The van der Waals surface area contributed by atoms with Crippen LogP contribution in [0.2, 0.25) is 0 Å². The lowest BCUT2D eigenvalue weighted by Crippen LogP contribution is -2.32. The van der Waals surface area contributed by atoms with Crippen LogP contribution in [-0.2, 0) is 19.1 Å². The van der Waals surface area contributed by atoms with Crippen molar-refractivity contribution >= 4 is 45.6 Å². The summed E-state index contributed by atoms with van der Waals surface area (Å²) in [6, 6.07) is 14.8. The van der Waals surface area contributed by atoms with Crippen molar-refractivity contribution in [3.63, 3.8) is 0 Å². The normalized spacial score (nSPS) is 11.3. The molecule has 0 unspecified atom stereocenters. The first-order valence-electron chi connectivity index (χ1n) is 10.6. The van der Waals surface area contributed by atoms with Crippen LogP contribution in [0.1, 0.15) is 19.4 Å². The third-order valence-corrected chi connectivity index (χ3v) is 6.18. The van der Waals surface area contributed by atoms with Crippen LogP contribution >= 0.6 is 11.8 Å². The minimum absolute atomic E-state index is 0.106. The summed E-state index contributed by atoms with van der Waals surface area (Å²) in [5, 5.41) is -0.361. The summed E-state index contributed by atoms with van der Waals surface area (Å²) < 4.78 is 11.6. The van der Waals surface area contributed by atoms with Gasteiger partial charge in [0, 0.05) is 10.9 Å². The summed E-state index contributed by atoms with van der Waals surface area (Å²) in [7, 11) is 0. The van der Waals surface area contributed by atoms with Crippen molar-refractivity contribution in [2.45, 2.75) is 31.2 Å². The van der Waals surface area contributed by atoms with E-state index in [0.717, 1.165) is 28.2 Å². The number of ether oxygens (including phenoxy) is 2. The van der Waals surface area contributed by atoms with Crippen LogP contribution in [0.3, 0.4) is 0 Å². The first-order chi connectivity index (χ1) is 16.0. The molecule has 0 saturated carbocycles. The molecule has 0 aliphatic rings. The number of aryl methyl sites for hydroxylation is 1. The fourth-order valence-electron chi connectivity index (χ4n) is 3.58. The smallest absolute Gasteiger partial charge is 0.331 e. The third kappa shape index (κ3) is 4.23. The topological polar surface area (TPSA) is 103 Å². The van der Waals surface area contributed by atoms with Gasteiger partial charge in [0.15, 0.2) is 5.16 Å². The summed E-state index contributed by atoms with van der Waals surface area (Å²) >= 11 is 0.845. The van der Waals surface area contributed by atoms with Gasteiger partial charge in [-0.3, -0.25) is 19.0 Å². The molecule has 0 aliphatic heterocycles. The van der Waals surface area contributed by atoms with Gasteiger partial charge in [-0.25, -0.2) is 4.98 Å². The molecule has 2 aromatic heterocycles. The van der Waals surface area contributed by atoms with Crippen LogP contribution in [0.15, 0.2) is 58.5 Å². The largest absolute Gasteiger partial charge is 0.465 e. The fourth-order valence-corrected chi connectivity index (χ4v) is 4.55. The monoisotopic (exact) mass is 465 g/mol. The van der Waals surface area contributed by atoms with Gasteiger partial charge >= 0.3 is 11.9 Å². The highest BCUT2D eigenvalue weighted by atomic mass is 32.2. The number of fused-ring (bicyclic) bond motifs is 3. The highest BCUT2D eigenvalue weighted by Gasteiger charge is 2.33. The molecule has 2 heterocycles. The molecule has 8 nitrogen and oxygen atoms in total. The van der Waals surface area contributed by atoms with Gasteiger partial charge in [0.1, 0.15) is 11.0 Å². The molecule has 0 fully saturated rings. The molecular weight excluding hydrogens is 442 g/mol. The Hall–Kier alpha value is -3.59. The van der Waals surface area contributed by atoms with E-state index >= 15 is 0 Å². The maximum absolute atomic E-state index is 13.7. The molecule has 4 rings (SSSR count). The zero-order valence-corrected chi connectivity index (χ0v) is 19.3. The number of hydrogen-bond acceptors (Lipinski definition) is 7. The molecule has 0 aliphatic carbocycles. The second kappa shape index (κ2) is 9.50. The Balaban J connectivity index is 1.98. The highest BCUT2D eigenvalue weighted by molar-refractivity contribution is 8.01. The summed E-state index contributed by atoms with van der Waals surface area (Å²) in [5.41, 5.74) is 2.68. The van der Waals surface area contributed by atoms with Crippen LogP contribution in [0, 0.1) is 6.92 Å². The van der Waals surface area contributed by atoms with Crippen molar-refractivity contribution in [1.29, 1.82) is 0 Å². The van der Waals surface area contributed by atoms with E-state index in [2.05, 4.69) is 4.98 Å². The number of nitrogens with one attached hydrogen (secondary N) is 1. The quantitative estimate of drug-likeness (QED) is 0.192. The van der Waals surface area contributed by atoms with E-state index in [0.29, 0.717) is 16.7 Å². The van der Waals surface area contributed by atoms with Gasteiger partial charge in [-0.1, -0.05) is 48.2 Å². The van der Waals surface area contributed by atoms with Crippen molar-refractivity contribution in [3.05, 3.63) is 64.4 Å². The molecule has 0 amide bonds. The number of nitrogens with zero attached hydrogens (tertiary/aromatic N) is 2. The van der Waals surface area contributed by atoms with Crippen molar-refractivity contribution in [2.24, 2.45) is 0 Å². The van der Waals surface area contributed by atoms with Gasteiger partial charge in [0.05, 0.1) is 18.9 Å². The number of H-pyrrole nitrogens is 1. The molecule has 33 heavy (non-hydrogen) atoms. The molecule has 0 saturated heterocycles. The Morgan fingerprint density at radius 2 is 1.67 bits per heavy atom. The summed E-state index contributed by atoms with van der Waals surface area (Å²) in [6.45, 7) is 5.40. The van der Waals surface area contributed by atoms with Gasteiger partial charge in [0.25, 0.3) is 5.56 Å². The lowest BCUT2D eigenvalue weighted by atomic mass is 10.2. The van der Waals surface area contributed by atoms with E-state index in [4.69, 9.17) is 14.5 Å². The summed E-state index contributed by atoms with van der Waals surface area (Å²) in [6.07, 6.45) is 0. The molecule has 9 heteroatoms. The fraction of sp³-hybridized carbons (Fsp3) is 0.250. The van der Waals surface area contributed by atoms with E-state index in [9.17, 15) is 14.4 Å². The zero-order valence-electron chi connectivity index (χ0n) is 18.5. The first-order valence-corrected chi connectivity index (χ1v) is 11.4. The molecule has 170 valence electrons. The molecular formula is C24H23N3O5S. The Bertz CT molecular complexity index is 1390. The lowest BCUT2D eigenvalue weighted by molar-refractivity contribution is -0.152.